The molecule has 2 aliphatic carbocycles. The van der Waals surface area contributed by atoms with Gasteiger partial charge in [0.1, 0.15) is 17.2 Å². The Morgan fingerprint density at radius 1 is 1.00 bits per heavy atom. The second-order valence-corrected chi connectivity index (χ2v) is 15.7. The topological polar surface area (TPSA) is 105 Å². The van der Waals surface area contributed by atoms with Gasteiger partial charge in [-0.1, -0.05) is 71.8 Å². The Kier molecular flexibility index (Phi) is 8.19. The van der Waals surface area contributed by atoms with Crippen molar-refractivity contribution < 1.29 is 14.3 Å². The minimum Gasteiger partial charge on any atom is -0.458 e. The van der Waals surface area contributed by atoms with Crippen molar-refractivity contribution in [2.75, 3.05) is 0 Å². The maximum atomic E-state index is 12.8. The zero-order chi connectivity index (χ0) is 36.7. The van der Waals surface area contributed by atoms with Gasteiger partial charge in [0.15, 0.2) is 0 Å². The third-order valence-electron chi connectivity index (χ3n) is 11.9. The summed E-state index contributed by atoms with van der Waals surface area (Å²) in [5.74, 6) is 0.219. The third kappa shape index (κ3) is 5.22. The summed E-state index contributed by atoms with van der Waals surface area (Å²) in [6, 6.07) is 22.6. The second kappa shape index (κ2) is 12.3. The number of hydrogen-bond acceptors (Lipinski definition) is 6. The number of nitrogens with zero attached hydrogens (tertiary/aromatic N) is 3. The number of rotatable bonds is 4. The molecule has 10 heteroatoms. The highest BCUT2D eigenvalue weighted by molar-refractivity contribution is 6.31. The summed E-state index contributed by atoms with van der Waals surface area (Å²) in [6.45, 7) is 8.27. The molecule has 4 aliphatic rings. The van der Waals surface area contributed by atoms with Crippen LogP contribution in [-0.4, -0.2) is 37.4 Å². The van der Waals surface area contributed by atoms with Gasteiger partial charge in [0.2, 0.25) is 0 Å². The van der Waals surface area contributed by atoms with Gasteiger partial charge in [-0.05, 0) is 91.8 Å². The van der Waals surface area contributed by atoms with Crippen LogP contribution in [0.15, 0.2) is 114 Å². The van der Waals surface area contributed by atoms with Gasteiger partial charge in [-0.2, -0.15) is 0 Å². The molecule has 5 aromatic rings. The van der Waals surface area contributed by atoms with Crippen LogP contribution in [0.4, 0.5) is 0 Å². The normalized spacial score (nSPS) is 27.0. The molecule has 2 aliphatic heterocycles. The molecule has 0 amide bonds. The number of imidazole rings is 1. The van der Waals surface area contributed by atoms with Crippen LogP contribution in [0, 0.1) is 11.8 Å². The number of aromatic nitrogens is 3. The number of esters is 1. The van der Waals surface area contributed by atoms with Crippen molar-refractivity contribution in [3.05, 3.63) is 146 Å². The Morgan fingerprint density at radius 3 is 2.46 bits per heavy atom. The molecule has 4 heterocycles. The molecular formula is C42H40Cl2N4O4. The molecule has 0 radical (unpaired) electrons. The number of carbonyl (C=O) groups excluding carboxylic acids is 1. The lowest BCUT2D eigenvalue weighted by Gasteiger charge is -2.31. The summed E-state index contributed by atoms with van der Waals surface area (Å²) in [5, 5.41) is 2.13. The number of ether oxygens (including phenoxy) is 2. The smallest absolute Gasteiger partial charge is 0.334 e. The third-order valence-corrected chi connectivity index (χ3v) is 12.4. The summed E-state index contributed by atoms with van der Waals surface area (Å²) < 4.78 is 15.3. The van der Waals surface area contributed by atoms with Gasteiger partial charge in [0, 0.05) is 53.0 Å². The molecule has 1 saturated carbocycles. The zero-order valence-corrected chi connectivity index (χ0v) is 31.0. The molecule has 2 saturated heterocycles. The molecular weight excluding hydrogens is 695 g/mol. The second-order valence-electron chi connectivity index (χ2n) is 14.8. The molecule has 2 N–H and O–H groups in total. The van der Waals surface area contributed by atoms with Gasteiger partial charge in [-0.3, -0.25) is 4.79 Å². The van der Waals surface area contributed by atoms with E-state index in [2.05, 4.69) is 31.5 Å². The minimum atomic E-state index is -1.01. The number of nitrogens with two attached hydrogens (primary N) is 1. The Labute approximate surface area is 312 Å². The number of benzene rings is 3. The van der Waals surface area contributed by atoms with E-state index in [0.29, 0.717) is 15.6 Å². The van der Waals surface area contributed by atoms with Crippen molar-refractivity contribution in [2.45, 2.75) is 56.0 Å². The molecule has 2 aromatic heterocycles. The van der Waals surface area contributed by atoms with Crippen LogP contribution < -0.4 is 11.3 Å². The van der Waals surface area contributed by atoms with Crippen LogP contribution >= 0.6 is 23.2 Å². The highest BCUT2D eigenvalue weighted by atomic mass is 35.5. The van der Waals surface area contributed by atoms with Gasteiger partial charge in [-0.25, -0.2) is 9.78 Å². The summed E-state index contributed by atoms with van der Waals surface area (Å²) in [7, 11) is 3.68. The lowest BCUT2D eigenvalue weighted by molar-refractivity contribution is -0.141. The molecule has 3 aromatic carbocycles. The maximum Gasteiger partial charge on any atom is 0.334 e. The largest absolute Gasteiger partial charge is 0.458 e. The van der Waals surface area contributed by atoms with E-state index in [1.165, 1.54) is 5.57 Å². The predicted octanol–water partition coefficient (Wildman–Crippen LogP) is 7.87. The number of halogens is 2. The summed E-state index contributed by atoms with van der Waals surface area (Å²) in [6.07, 6.45) is 8.64. The van der Waals surface area contributed by atoms with Gasteiger partial charge in [-0.15, -0.1) is 0 Å². The first-order chi connectivity index (χ1) is 24.8. The molecule has 1 spiro atoms. The molecule has 8 nitrogen and oxygen atoms in total. The van der Waals surface area contributed by atoms with E-state index in [0.717, 1.165) is 58.1 Å². The van der Waals surface area contributed by atoms with Crippen molar-refractivity contribution in [1.29, 1.82) is 0 Å². The van der Waals surface area contributed by atoms with E-state index in [9.17, 15) is 9.59 Å². The fraction of sp³-hybridized carbons (Fsp3) is 0.310. The van der Waals surface area contributed by atoms with Crippen molar-refractivity contribution in [3.63, 3.8) is 0 Å². The van der Waals surface area contributed by atoms with Crippen LogP contribution in [-0.2, 0) is 33.9 Å². The fourth-order valence-corrected chi connectivity index (χ4v) is 9.28. The first kappa shape index (κ1) is 34.6. The number of pyridine rings is 1. The predicted molar refractivity (Wildman–Crippen MR) is 204 cm³/mol. The minimum absolute atomic E-state index is 0.0248. The average Bonchev–Trinajstić information content (AvgIpc) is 3.37. The first-order valence-electron chi connectivity index (χ1n) is 17.5. The van der Waals surface area contributed by atoms with Crippen LogP contribution in [0.1, 0.15) is 49.9 Å². The summed E-state index contributed by atoms with van der Waals surface area (Å²) >= 11 is 12.4. The number of carbonyl (C=O) groups is 1. The molecule has 3 fully saturated rings. The lowest BCUT2D eigenvalue weighted by Crippen LogP contribution is -2.41. The lowest BCUT2D eigenvalue weighted by atomic mass is 9.78. The Hall–Kier alpha value is -4.47. The quantitative estimate of drug-likeness (QED) is 0.0873. The van der Waals surface area contributed by atoms with E-state index < -0.39 is 5.54 Å². The molecule has 0 bridgehead atoms. The molecule has 1 unspecified atom stereocenters. The Balaban J connectivity index is 0.000000179. The number of hydrogen-bond donors (Lipinski definition) is 1. The van der Waals surface area contributed by atoms with E-state index in [-0.39, 0.29) is 40.7 Å². The van der Waals surface area contributed by atoms with Gasteiger partial charge in [0.25, 0.3) is 5.56 Å². The van der Waals surface area contributed by atoms with Gasteiger partial charge < -0.3 is 24.3 Å². The SMILES string of the molecule is C=C1C(=O)O[C@@H]2[C@H]3C(C)=CC[C@@]34O[C@@]4(C)CC[C@@H]12.Cn1cncc1C(N)(c1ccc(Cl)cc1)c1ccc2c(c1)c(-c1cccc(Cl)c1)cc(=O)n2C. The van der Waals surface area contributed by atoms with Crippen LogP contribution in [0.2, 0.25) is 10.0 Å². The standard InChI is InChI=1S/C27H22Cl2N4O.C15H18O3/c1-32-16-31-15-25(32)27(30,18-6-9-20(28)10-7-18)19-8-11-24-23(13-19)22(14-26(34)33(24)2)17-4-3-5-21(29)12-17;1-8-4-7-15-11(8)12-10(9(2)13(16)17-12)5-6-14(15,3)18-15/h3-16H,30H2,1-2H3;4,10-12H,2,5-7H2,1,3H3/t;10-,11+,12-,14-,15+/m.0/s1. The van der Waals surface area contributed by atoms with Crippen molar-refractivity contribution in [1.82, 2.24) is 14.1 Å². The Bertz CT molecular complexity index is 2380. The van der Waals surface area contributed by atoms with Crippen molar-refractivity contribution in [3.8, 4) is 11.1 Å². The van der Waals surface area contributed by atoms with E-state index in [1.807, 2.05) is 78.3 Å². The van der Waals surface area contributed by atoms with Gasteiger partial charge >= 0.3 is 5.97 Å². The van der Waals surface area contributed by atoms with Crippen LogP contribution in [0.5, 0.6) is 0 Å². The molecule has 9 rings (SSSR count). The van der Waals surface area contributed by atoms with Crippen LogP contribution in [0.25, 0.3) is 22.0 Å². The van der Waals surface area contributed by atoms with Crippen molar-refractivity contribution >= 4 is 40.1 Å². The summed E-state index contributed by atoms with van der Waals surface area (Å²) in [4.78, 5) is 28.8. The average molecular weight is 736 g/mol. The van der Waals surface area contributed by atoms with Crippen LogP contribution in [0.3, 0.4) is 0 Å². The highest BCUT2D eigenvalue weighted by Gasteiger charge is 2.75. The van der Waals surface area contributed by atoms with E-state index in [4.69, 9.17) is 38.4 Å². The number of fused-ring (bicyclic) bond motifs is 3. The van der Waals surface area contributed by atoms with Crippen molar-refractivity contribution in [2.24, 2.45) is 31.7 Å². The first-order valence-corrected chi connectivity index (χ1v) is 18.2. The Morgan fingerprint density at radius 2 is 1.75 bits per heavy atom. The highest BCUT2D eigenvalue weighted by Crippen LogP contribution is 2.67. The molecule has 266 valence electrons. The number of aryl methyl sites for hydroxylation is 2. The van der Waals surface area contributed by atoms with E-state index >= 15 is 0 Å². The summed E-state index contributed by atoms with van der Waals surface area (Å²) in [5.41, 5.74) is 13.0. The zero-order valence-electron chi connectivity index (χ0n) is 29.5. The van der Waals surface area contributed by atoms with Gasteiger partial charge in [0.05, 0.1) is 29.3 Å². The monoisotopic (exact) mass is 734 g/mol. The molecule has 6 atom stereocenters. The fourth-order valence-electron chi connectivity index (χ4n) is 8.96. The van der Waals surface area contributed by atoms with E-state index in [1.54, 1.807) is 30.2 Å². The maximum absolute atomic E-state index is 12.8. The number of epoxide rings is 1. The molecule has 52 heavy (non-hydrogen) atoms.